The maximum absolute atomic E-state index is 3.66. The van der Waals surface area contributed by atoms with Crippen LogP contribution in [0.2, 0.25) is 0 Å². The van der Waals surface area contributed by atoms with E-state index in [1.807, 2.05) is 24.3 Å². The maximum Gasteiger partial charge on any atom is 2.00 e. The van der Waals surface area contributed by atoms with Gasteiger partial charge in [0.15, 0.2) is 0 Å². The van der Waals surface area contributed by atoms with Gasteiger partial charge in [0.25, 0.3) is 0 Å². The van der Waals surface area contributed by atoms with E-state index in [2.05, 4.69) is 22.4 Å². The van der Waals surface area contributed by atoms with E-state index in [1.165, 1.54) is 0 Å². The summed E-state index contributed by atoms with van der Waals surface area (Å²) in [6, 6.07) is 11.0. The molecule has 2 aromatic rings. The quantitative estimate of drug-likeness (QED) is 0.680. The van der Waals surface area contributed by atoms with E-state index >= 15 is 0 Å². The zero-order valence-corrected chi connectivity index (χ0v) is 9.41. The first-order valence-corrected chi connectivity index (χ1v) is 3.54. The molecule has 2 aromatic heterocycles. The van der Waals surface area contributed by atoms with Gasteiger partial charge in [-0.15, -0.1) is 0 Å². The molecule has 0 radical (unpaired) electrons. The molecular weight excluding hydrogens is 338 g/mol. The largest absolute Gasteiger partial charge is 2.00 e. The van der Waals surface area contributed by atoms with Crippen molar-refractivity contribution < 1.29 is 19.8 Å². The first-order chi connectivity index (χ1) is 6.00. The molecule has 0 amide bonds. The minimum Gasteiger partial charge on any atom is -0.394 e. The van der Waals surface area contributed by atoms with E-state index < -0.39 is 0 Å². The maximum atomic E-state index is 3.66. The molecule has 66 valence electrons. The van der Waals surface area contributed by atoms with Crippen molar-refractivity contribution in [2.75, 3.05) is 0 Å². The number of aromatic nitrogens is 2. The molecule has 0 saturated carbocycles. The summed E-state index contributed by atoms with van der Waals surface area (Å²) >= 11 is 0. The number of pyridine rings is 2. The van der Waals surface area contributed by atoms with Crippen molar-refractivity contribution in [3.05, 3.63) is 61.2 Å². The molecule has 2 rings (SSSR count). The van der Waals surface area contributed by atoms with Crippen molar-refractivity contribution in [2.45, 2.75) is 0 Å². The van der Waals surface area contributed by atoms with Crippen molar-refractivity contribution in [3.8, 4) is 0 Å². The van der Waals surface area contributed by atoms with Crippen molar-refractivity contribution in [3.63, 3.8) is 0 Å². The predicted octanol–water partition coefficient (Wildman–Crippen LogP) is 1.76. The van der Waals surface area contributed by atoms with Gasteiger partial charge in [-0.2, -0.15) is 36.4 Å². The zero-order chi connectivity index (χ0) is 8.49. The molecule has 2 heterocycles. The van der Waals surface area contributed by atoms with Gasteiger partial charge in [-0.1, -0.05) is 24.8 Å². The van der Waals surface area contributed by atoms with Gasteiger partial charge in [0, 0.05) is 0 Å². The van der Waals surface area contributed by atoms with Crippen molar-refractivity contribution in [1.29, 1.82) is 0 Å². The SMILES string of the molecule is [Os+2].[c-]1ccccn1.[c-]1ccccn1. The molecule has 0 aliphatic carbocycles. The van der Waals surface area contributed by atoms with Crippen LogP contribution < -0.4 is 0 Å². The van der Waals surface area contributed by atoms with E-state index in [4.69, 9.17) is 0 Å². The predicted molar refractivity (Wildman–Crippen MR) is 46.1 cm³/mol. The first kappa shape index (κ1) is 11.9. The smallest absolute Gasteiger partial charge is 0.394 e. The summed E-state index contributed by atoms with van der Waals surface area (Å²) in [4.78, 5) is 7.32. The van der Waals surface area contributed by atoms with Crippen LogP contribution >= 0.6 is 0 Å². The molecule has 0 fully saturated rings. The Balaban J connectivity index is 0.000000206. The Morgan fingerprint density at radius 2 is 1.15 bits per heavy atom. The van der Waals surface area contributed by atoms with Crippen molar-refractivity contribution in [1.82, 2.24) is 9.97 Å². The summed E-state index contributed by atoms with van der Waals surface area (Å²) in [5, 5.41) is 0. The summed E-state index contributed by atoms with van der Waals surface area (Å²) in [5.41, 5.74) is 0. The molecule has 0 bridgehead atoms. The van der Waals surface area contributed by atoms with Gasteiger partial charge in [0.05, 0.1) is 0 Å². The van der Waals surface area contributed by atoms with Crippen LogP contribution in [-0.2, 0) is 19.8 Å². The third-order valence-electron chi connectivity index (χ3n) is 1.03. The molecule has 0 aliphatic rings. The van der Waals surface area contributed by atoms with Crippen molar-refractivity contribution >= 4 is 0 Å². The summed E-state index contributed by atoms with van der Waals surface area (Å²) in [5.74, 6) is 0. The van der Waals surface area contributed by atoms with E-state index in [-0.39, 0.29) is 19.8 Å². The molecular formula is C10H8N2Os. The second-order valence-corrected chi connectivity index (χ2v) is 1.92. The van der Waals surface area contributed by atoms with Crippen molar-refractivity contribution in [2.24, 2.45) is 0 Å². The van der Waals surface area contributed by atoms with Gasteiger partial charge in [0.2, 0.25) is 0 Å². The molecule has 0 saturated heterocycles. The molecule has 0 aromatic carbocycles. The Morgan fingerprint density at radius 1 is 0.692 bits per heavy atom. The molecule has 0 N–H and O–H groups in total. The van der Waals surface area contributed by atoms with Gasteiger partial charge in [-0.05, 0) is 0 Å². The molecule has 2 nitrogen and oxygen atoms in total. The van der Waals surface area contributed by atoms with Gasteiger partial charge >= 0.3 is 19.8 Å². The molecule has 13 heavy (non-hydrogen) atoms. The topological polar surface area (TPSA) is 25.8 Å². The average Bonchev–Trinajstić information content (AvgIpc) is 2.24. The zero-order valence-electron chi connectivity index (χ0n) is 6.87. The molecule has 0 atom stereocenters. The minimum atomic E-state index is 0. The van der Waals surface area contributed by atoms with E-state index in [0.29, 0.717) is 0 Å². The second-order valence-electron chi connectivity index (χ2n) is 1.92. The normalized spacial score (nSPS) is 7.38. The second kappa shape index (κ2) is 9.03. The monoisotopic (exact) mass is 348 g/mol. The van der Waals surface area contributed by atoms with Crippen LogP contribution in [0.1, 0.15) is 0 Å². The van der Waals surface area contributed by atoms with Gasteiger partial charge in [-0.3, -0.25) is 0 Å². The number of hydrogen-bond donors (Lipinski definition) is 0. The Kier molecular flexibility index (Phi) is 8.29. The number of hydrogen-bond acceptors (Lipinski definition) is 2. The summed E-state index contributed by atoms with van der Waals surface area (Å²) in [6.07, 6.45) is 8.67. The standard InChI is InChI=1S/2C5H4N.Os/c2*1-2-4-6-5-3-1;/h2*1-4H;/q2*-1;+2. The molecule has 0 spiro atoms. The number of nitrogens with zero attached hydrogens (tertiary/aromatic N) is 2. The fourth-order valence-corrected chi connectivity index (χ4v) is 0.555. The molecule has 3 heteroatoms. The first-order valence-electron chi connectivity index (χ1n) is 3.54. The minimum absolute atomic E-state index is 0. The van der Waals surface area contributed by atoms with Crippen LogP contribution in [0.15, 0.2) is 48.8 Å². The average molecular weight is 346 g/mol. The van der Waals surface area contributed by atoms with E-state index in [0.717, 1.165) is 0 Å². The van der Waals surface area contributed by atoms with Crippen LogP contribution in [0.5, 0.6) is 0 Å². The van der Waals surface area contributed by atoms with Crippen LogP contribution in [0.25, 0.3) is 0 Å². The van der Waals surface area contributed by atoms with Crippen LogP contribution in [0, 0.1) is 12.4 Å². The van der Waals surface area contributed by atoms with Crippen LogP contribution in [0.3, 0.4) is 0 Å². The van der Waals surface area contributed by atoms with Gasteiger partial charge < -0.3 is 9.97 Å². The van der Waals surface area contributed by atoms with Crippen LogP contribution in [0.4, 0.5) is 0 Å². The Bertz CT molecular complexity index is 188. The Labute approximate surface area is 91.1 Å². The Hall–Kier alpha value is -1.06. The fourth-order valence-electron chi connectivity index (χ4n) is 0.555. The summed E-state index contributed by atoms with van der Waals surface area (Å²) in [6.45, 7) is 0. The Morgan fingerprint density at radius 3 is 1.23 bits per heavy atom. The van der Waals surface area contributed by atoms with E-state index in [1.54, 1.807) is 24.5 Å². The molecule has 0 aliphatic heterocycles. The van der Waals surface area contributed by atoms with Crippen LogP contribution in [-0.4, -0.2) is 9.97 Å². The fraction of sp³-hybridized carbons (Fsp3) is 0. The van der Waals surface area contributed by atoms with E-state index in [9.17, 15) is 0 Å². The third-order valence-corrected chi connectivity index (χ3v) is 1.03. The summed E-state index contributed by atoms with van der Waals surface area (Å²) in [7, 11) is 0. The van der Waals surface area contributed by atoms with Gasteiger partial charge in [-0.25, -0.2) is 0 Å². The molecule has 0 unspecified atom stereocenters. The van der Waals surface area contributed by atoms with Gasteiger partial charge in [0.1, 0.15) is 0 Å². The third kappa shape index (κ3) is 7.30. The number of rotatable bonds is 0. The summed E-state index contributed by atoms with van der Waals surface area (Å²) < 4.78 is 0.